The molecule has 1 saturated carbocycles. The van der Waals surface area contributed by atoms with Gasteiger partial charge >= 0.3 is 0 Å². The first-order chi connectivity index (χ1) is 12.2. The van der Waals surface area contributed by atoms with Crippen LogP contribution in [0.3, 0.4) is 0 Å². The largest absolute Gasteiger partial charge is 0.378 e. The van der Waals surface area contributed by atoms with Crippen LogP contribution in [-0.4, -0.2) is 51.5 Å². The monoisotopic (exact) mass is 346 g/mol. The summed E-state index contributed by atoms with van der Waals surface area (Å²) in [7, 11) is 0. The fraction of sp³-hybridized carbons (Fsp3) is 0.650. The van der Waals surface area contributed by atoms with Gasteiger partial charge in [0.15, 0.2) is 0 Å². The molecular weight excluding hydrogens is 316 g/mol. The molecule has 1 aliphatic carbocycles. The standard InChI is InChI=1S/C20H30N2O3/c1-16-4-2-3-5-19(16)25-13-10-21-20(23)17-6-8-18(9-7-17)22-11-14-24-15-12-22/h6-9,16,19H,2-5,10-15H2,1H3,(H,21,23)/t16-,19-/m1/s1. The SMILES string of the molecule is C[C@@H]1CCCC[C@H]1OCCNC(=O)c1ccc(N2CCOCC2)cc1. The van der Waals surface area contributed by atoms with Gasteiger partial charge in [0, 0.05) is 30.9 Å². The van der Waals surface area contributed by atoms with E-state index in [-0.39, 0.29) is 5.91 Å². The van der Waals surface area contributed by atoms with E-state index in [2.05, 4.69) is 17.1 Å². The van der Waals surface area contributed by atoms with Gasteiger partial charge in [-0.25, -0.2) is 0 Å². The number of carbonyl (C=O) groups is 1. The molecule has 138 valence electrons. The maximum atomic E-state index is 12.2. The fourth-order valence-corrected chi connectivity index (χ4v) is 3.65. The van der Waals surface area contributed by atoms with Crippen LogP contribution in [0.5, 0.6) is 0 Å². The number of amides is 1. The van der Waals surface area contributed by atoms with Crippen LogP contribution >= 0.6 is 0 Å². The Hall–Kier alpha value is -1.59. The zero-order valence-corrected chi connectivity index (χ0v) is 15.2. The minimum absolute atomic E-state index is 0.0335. The van der Waals surface area contributed by atoms with Gasteiger partial charge in [0.1, 0.15) is 0 Å². The Morgan fingerprint density at radius 2 is 1.92 bits per heavy atom. The van der Waals surface area contributed by atoms with Gasteiger partial charge in [0.25, 0.3) is 5.91 Å². The highest BCUT2D eigenvalue weighted by atomic mass is 16.5. The third kappa shape index (κ3) is 5.19. The van der Waals surface area contributed by atoms with E-state index in [4.69, 9.17) is 9.47 Å². The second kappa shape index (κ2) is 9.20. The molecule has 1 aromatic carbocycles. The Labute approximate surface area is 150 Å². The number of nitrogens with zero attached hydrogens (tertiary/aromatic N) is 1. The lowest BCUT2D eigenvalue weighted by Crippen LogP contribution is -2.36. The van der Waals surface area contributed by atoms with Gasteiger partial charge in [0.2, 0.25) is 0 Å². The van der Waals surface area contributed by atoms with Crippen molar-refractivity contribution in [3.8, 4) is 0 Å². The highest BCUT2D eigenvalue weighted by Gasteiger charge is 2.21. The summed E-state index contributed by atoms with van der Waals surface area (Å²) >= 11 is 0. The average Bonchev–Trinajstić information content (AvgIpc) is 2.67. The minimum Gasteiger partial charge on any atom is -0.378 e. The van der Waals surface area contributed by atoms with Gasteiger partial charge in [-0.05, 0) is 43.0 Å². The zero-order valence-electron chi connectivity index (χ0n) is 15.2. The third-order valence-corrected chi connectivity index (χ3v) is 5.26. The van der Waals surface area contributed by atoms with E-state index >= 15 is 0 Å². The lowest BCUT2D eigenvalue weighted by Gasteiger charge is -2.29. The molecule has 1 aromatic rings. The summed E-state index contributed by atoms with van der Waals surface area (Å²) in [5.41, 5.74) is 1.84. The molecule has 2 fully saturated rings. The van der Waals surface area contributed by atoms with Crippen molar-refractivity contribution < 1.29 is 14.3 Å². The molecule has 3 rings (SSSR count). The molecule has 1 amide bonds. The van der Waals surface area contributed by atoms with E-state index in [9.17, 15) is 4.79 Å². The first-order valence-electron chi connectivity index (χ1n) is 9.56. The van der Waals surface area contributed by atoms with Crippen LogP contribution in [0.15, 0.2) is 24.3 Å². The van der Waals surface area contributed by atoms with E-state index < -0.39 is 0 Å². The number of hydrogen-bond donors (Lipinski definition) is 1. The second-order valence-electron chi connectivity index (χ2n) is 7.07. The molecule has 5 nitrogen and oxygen atoms in total. The van der Waals surface area contributed by atoms with Crippen LogP contribution in [0, 0.1) is 5.92 Å². The van der Waals surface area contributed by atoms with E-state index in [1.54, 1.807) is 0 Å². The predicted octanol–water partition coefficient (Wildman–Crippen LogP) is 2.85. The first kappa shape index (κ1) is 18.2. The van der Waals surface area contributed by atoms with Crippen molar-refractivity contribution in [1.82, 2.24) is 5.32 Å². The van der Waals surface area contributed by atoms with Gasteiger partial charge in [-0.15, -0.1) is 0 Å². The number of nitrogens with one attached hydrogen (secondary N) is 1. The number of morpholine rings is 1. The maximum absolute atomic E-state index is 12.2. The second-order valence-corrected chi connectivity index (χ2v) is 7.07. The van der Waals surface area contributed by atoms with Crippen LogP contribution in [-0.2, 0) is 9.47 Å². The molecule has 1 aliphatic heterocycles. The number of benzene rings is 1. The van der Waals surface area contributed by atoms with Gasteiger partial charge in [-0.1, -0.05) is 19.8 Å². The van der Waals surface area contributed by atoms with Crippen LogP contribution in [0.2, 0.25) is 0 Å². The lowest BCUT2D eigenvalue weighted by atomic mass is 9.88. The smallest absolute Gasteiger partial charge is 0.251 e. The summed E-state index contributed by atoms with van der Waals surface area (Å²) in [5, 5.41) is 2.95. The Morgan fingerprint density at radius 3 is 2.64 bits per heavy atom. The van der Waals surface area contributed by atoms with Gasteiger partial charge in [-0.3, -0.25) is 4.79 Å². The zero-order chi connectivity index (χ0) is 17.5. The van der Waals surface area contributed by atoms with Crippen molar-refractivity contribution in [1.29, 1.82) is 0 Å². The average molecular weight is 346 g/mol. The van der Waals surface area contributed by atoms with E-state index in [0.29, 0.717) is 30.7 Å². The minimum atomic E-state index is -0.0335. The fourth-order valence-electron chi connectivity index (χ4n) is 3.65. The lowest BCUT2D eigenvalue weighted by molar-refractivity contribution is -0.00293. The number of carbonyl (C=O) groups excluding carboxylic acids is 1. The third-order valence-electron chi connectivity index (χ3n) is 5.26. The van der Waals surface area contributed by atoms with Crippen molar-refractivity contribution in [2.24, 2.45) is 5.92 Å². The highest BCUT2D eigenvalue weighted by Crippen LogP contribution is 2.26. The quantitative estimate of drug-likeness (QED) is 0.805. The summed E-state index contributed by atoms with van der Waals surface area (Å²) < 4.78 is 11.3. The van der Waals surface area contributed by atoms with Crippen molar-refractivity contribution in [2.75, 3.05) is 44.4 Å². The van der Waals surface area contributed by atoms with Gasteiger partial charge in [0.05, 0.1) is 25.9 Å². The van der Waals surface area contributed by atoms with Crippen molar-refractivity contribution in [2.45, 2.75) is 38.7 Å². The molecule has 0 radical (unpaired) electrons. The van der Waals surface area contributed by atoms with Gasteiger partial charge in [-0.2, -0.15) is 0 Å². The summed E-state index contributed by atoms with van der Waals surface area (Å²) in [5.74, 6) is 0.603. The summed E-state index contributed by atoms with van der Waals surface area (Å²) in [6.45, 7) is 6.76. The topological polar surface area (TPSA) is 50.8 Å². The number of rotatable bonds is 6. The molecule has 1 saturated heterocycles. The van der Waals surface area contributed by atoms with Crippen LogP contribution in [0.25, 0.3) is 0 Å². The summed E-state index contributed by atoms with van der Waals surface area (Å²) in [6.07, 6.45) is 5.35. The molecule has 5 heteroatoms. The Balaban J connectivity index is 1.40. The van der Waals surface area contributed by atoms with E-state index in [1.165, 1.54) is 19.3 Å². The number of hydrogen-bond acceptors (Lipinski definition) is 4. The number of ether oxygens (including phenoxy) is 2. The van der Waals surface area contributed by atoms with Crippen molar-refractivity contribution in [3.05, 3.63) is 29.8 Å². The summed E-state index contributed by atoms with van der Waals surface area (Å²) in [6, 6.07) is 7.81. The number of anilines is 1. The Morgan fingerprint density at radius 1 is 1.20 bits per heavy atom. The molecule has 0 unspecified atom stereocenters. The molecule has 25 heavy (non-hydrogen) atoms. The molecule has 1 N–H and O–H groups in total. The molecule has 0 spiro atoms. The molecule has 0 aromatic heterocycles. The van der Waals surface area contributed by atoms with Gasteiger partial charge < -0.3 is 19.7 Å². The van der Waals surface area contributed by atoms with Crippen LogP contribution in [0.1, 0.15) is 43.0 Å². The molecule has 0 bridgehead atoms. The van der Waals surface area contributed by atoms with Crippen LogP contribution < -0.4 is 10.2 Å². The predicted molar refractivity (Wildman–Crippen MR) is 99.2 cm³/mol. The van der Waals surface area contributed by atoms with Crippen molar-refractivity contribution >= 4 is 11.6 Å². The van der Waals surface area contributed by atoms with E-state index in [1.807, 2.05) is 24.3 Å². The molecular formula is C20H30N2O3. The first-order valence-corrected chi connectivity index (χ1v) is 9.56. The van der Waals surface area contributed by atoms with E-state index in [0.717, 1.165) is 38.4 Å². The molecule has 2 atom stereocenters. The van der Waals surface area contributed by atoms with Crippen LogP contribution in [0.4, 0.5) is 5.69 Å². The molecule has 2 aliphatic rings. The highest BCUT2D eigenvalue weighted by molar-refractivity contribution is 5.94. The molecule has 1 heterocycles. The normalized spacial score (nSPS) is 24.1. The maximum Gasteiger partial charge on any atom is 0.251 e. The van der Waals surface area contributed by atoms with Crippen molar-refractivity contribution in [3.63, 3.8) is 0 Å². The Kier molecular flexibility index (Phi) is 6.70. The Bertz CT molecular complexity index is 540. The summed E-state index contributed by atoms with van der Waals surface area (Å²) in [4.78, 5) is 14.5.